The summed E-state index contributed by atoms with van der Waals surface area (Å²) in [5.74, 6) is 0.392. The Hall–Kier alpha value is -3.35. The van der Waals surface area contributed by atoms with Gasteiger partial charge in [-0.15, -0.1) is 6.58 Å². The van der Waals surface area contributed by atoms with Gasteiger partial charge in [-0.05, 0) is 26.3 Å². The van der Waals surface area contributed by atoms with E-state index in [0.717, 1.165) is 16.5 Å². The minimum Gasteiger partial charge on any atom is -0.465 e. The molecule has 7 nitrogen and oxygen atoms in total. The maximum absolute atomic E-state index is 11.9. The summed E-state index contributed by atoms with van der Waals surface area (Å²) in [6.07, 6.45) is 4.03. The monoisotopic (exact) mass is 379 g/mol. The SMILES string of the molecule is C=CC(Cn1cc(-c2ccccc2)c2c(N)ncnc21)N(C(=O)O)C(C)(C)C. The number of hydrogen-bond donors (Lipinski definition) is 2. The zero-order chi connectivity index (χ0) is 20.5. The highest BCUT2D eigenvalue weighted by molar-refractivity contribution is 6.00. The van der Waals surface area contributed by atoms with E-state index in [-0.39, 0.29) is 0 Å². The third-order valence-electron chi connectivity index (χ3n) is 4.68. The van der Waals surface area contributed by atoms with E-state index in [2.05, 4.69) is 16.5 Å². The van der Waals surface area contributed by atoms with Crippen LogP contribution in [-0.4, -0.2) is 42.2 Å². The summed E-state index contributed by atoms with van der Waals surface area (Å²) in [6.45, 7) is 9.81. The fraction of sp³-hybridized carbons (Fsp3) is 0.286. The maximum atomic E-state index is 11.9. The number of nitrogen functional groups attached to an aromatic ring is 1. The number of anilines is 1. The quantitative estimate of drug-likeness (QED) is 0.653. The van der Waals surface area contributed by atoms with Gasteiger partial charge in [0.05, 0.1) is 11.4 Å². The third-order valence-corrected chi connectivity index (χ3v) is 4.68. The molecule has 1 aromatic carbocycles. The molecular formula is C21H25N5O2. The normalized spacial score (nSPS) is 12.7. The number of aromatic nitrogens is 3. The van der Waals surface area contributed by atoms with Gasteiger partial charge in [-0.1, -0.05) is 36.4 Å². The fourth-order valence-corrected chi connectivity index (χ4v) is 3.51. The van der Waals surface area contributed by atoms with Crippen LogP contribution in [0.3, 0.4) is 0 Å². The number of rotatable bonds is 5. The topological polar surface area (TPSA) is 97.3 Å². The average Bonchev–Trinajstić information content (AvgIpc) is 3.00. The van der Waals surface area contributed by atoms with Crippen LogP contribution >= 0.6 is 0 Å². The maximum Gasteiger partial charge on any atom is 0.408 e. The number of nitrogens with two attached hydrogens (primary N) is 1. The molecule has 1 atom stereocenters. The van der Waals surface area contributed by atoms with Crippen LogP contribution in [0.1, 0.15) is 20.8 Å². The first-order valence-corrected chi connectivity index (χ1v) is 9.03. The number of nitrogens with zero attached hydrogens (tertiary/aromatic N) is 4. The third kappa shape index (κ3) is 3.55. The van der Waals surface area contributed by atoms with Gasteiger partial charge in [0.15, 0.2) is 0 Å². The van der Waals surface area contributed by atoms with Crippen LogP contribution in [0.15, 0.2) is 55.5 Å². The van der Waals surface area contributed by atoms with Crippen molar-refractivity contribution in [1.29, 1.82) is 0 Å². The van der Waals surface area contributed by atoms with Gasteiger partial charge in [0.1, 0.15) is 17.8 Å². The Morgan fingerprint density at radius 2 is 2.00 bits per heavy atom. The Bertz CT molecular complexity index is 1000. The van der Waals surface area contributed by atoms with E-state index in [1.54, 1.807) is 6.08 Å². The lowest BCUT2D eigenvalue weighted by Gasteiger charge is -2.38. The Labute approximate surface area is 164 Å². The summed E-state index contributed by atoms with van der Waals surface area (Å²) in [6, 6.07) is 9.41. The van der Waals surface area contributed by atoms with E-state index in [1.807, 2.05) is 61.9 Å². The van der Waals surface area contributed by atoms with E-state index in [9.17, 15) is 9.90 Å². The van der Waals surface area contributed by atoms with Crippen molar-refractivity contribution in [3.05, 3.63) is 55.5 Å². The molecule has 7 heteroatoms. The van der Waals surface area contributed by atoms with Crippen molar-refractivity contribution in [2.75, 3.05) is 5.73 Å². The molecule has 0 radical (unpaired) electrons. The Kier molecular flexibility index (Phi) is 5.09. The van der Waals surface area contributed by atoms with Crippen molar-refractivity contribution in [2.24, 2.45) is 0 Å². The summed E-state index contributed by atoms with van der Waals surface area (Å²) < 4.78 is 1.92. The second kappa shape index (κ2) is 7.34. The average molecular weight is 379 g/mol. The van der Waals surface area contributed by atoms with Crippen molar-refractivity contribution < 1.29 is 9.90 Å². The molecule has 1 amide bonds. The molecule has 2 heterocycles. The van der Waals surface area contributed by atoms with Crippen LogP contribution < -0.4 is 5.73 Å². The van der Waals surface area contributed by atoms with Crippen molar-refractivity contribution in [3.8, 4) is 11.1 Å². The highest BCUT2D eigenvalue weighted by atomic mass is 16.4. The molecule has 0 aliphatic rings. The number of carbonyl (C=O) groups is 1. The van der Waals surface area contributed by atoms with E-state index >= 15 is 0 Å². The van der Waals surface area contributed by atoms with Gasteiger partial charge in [0.25, 0.3) is 0 Å². The lowest BCUT2D eigenvalue weighted by molar-refractivity contribution is 0.0788. The summed E-state index contributed by atoms with van der Waals surface area (Å²) >= 11 is 0. The van der Waals surface area contributed by atoms with Gasteiger partial charge in [-0.25, -0.2) is 14.8 Å². The number of carboxylic acid groups (broad SMARTS) is 1. The van der Waals surface area contributed by atoms with Gasteiger partial charge in [-0.3, -0.25) is 4.90 Å². The Morgan fingerprint density at radius 1 is 1.32 bits per heavy atom. The molecule has 3 aromatic rings. The molecule has 0 spiro atoms. The summed E-state index contributed by atoms with van der Waals surface area (Å²) in [4.78, 5) is 21.9. The molecule has 0 bridgehead atoms. The summed E-state index contributed by atoms with van der Waals surface area (Å²) in [5.41, 5.74) is 8.15. The molecule has 0 saturated carbocycles. The van der Waals surface area contributed by atoms with Crippen LogP contribution in [-0.2, 0) is 6.54 Å². The molecule has 3 rings (SSSR count). The fourth-order valence-electron chi connectivity index (χ4n) is 3.51. The second-order valence-electron chi connectivity index (χ2n) is 7.65. The minimum absolute atomic E-state index is 0.368. The molecule has 0 fully saturated rings. The van der Waals surface area contributed by atoms with Gasteiger partial charge >= 0.3 is 6.09 Å². The van der Waals surface area contributed by atoms with Crippen molar-refractivity contribution >= 4 is 22.9 Å². The second-order valence-corrected chi connectivity index (χ2v) is 7.65. The number of benzene rings is 1. The predicted octanol–water partition coefficient (Wildman–Crippen LogP) is 4.01. The lowest BCUT2D eigenvalue weighted by Crippen LogP contribution is -2.51. The lowest BCUT2D eigenvalue weighted by atomic mass is 10.0. The zero-order valence-electron chi connectivity index (χ0n) is 16.3. The molecule has 146 valence electrons. The van der Waals surface area contributed by atoms with Crippen LogP contribution in [0, 0.1) is 0 Å². The number of fused-ring (bicyclic) bond motifs is 1. The van der Waals surface area contributed by atoms with Crippen molar-refractivity contribution in [1.82, 2.24) is 19.4 Å². The molecule has 0 aliphatic heterocycles. The van der Waals surface area contributed by atoms with Crippen LogP contribution in [0.5, 0.6) is 0 Å². The van der Waals surface area contributed by atoms with Crippen LogP contribution in [0.2, 0.25) is 0 Å². The first-order chi connectivity index (χ1) is 13.2. The Balaban J connectivity index is 2.12. The predicted molar refractivity (Wildman–Crippen MR) is 111 cm³/mol. The molecule has 3 N–H and O–H groups in total. The first-order valence-electron chi connectivity index (χ1n) is 9.03. The van der Waals surface area contributed by atoms with Gasteiger partial charge in [0.2, 0.25) is 0 Å². The Morgan fingerprint density at radius 3 is 2.57 bits per heavy atom. The number of amides is 1. The van der Waals surface area contributed by atoms with Crippen LogP contribution in [0.25, 0.3) is 22.2 Å². The van der Waals surface area contributed by atoms with Crippen LogP contribution in [0.4, 0.5) is 10.6 Å². The van der Waals surface area contributed by atoms with Gasteiger partial charge in [-0.2, -0.15) is 0 Å². The number of hydrogen-bond acceptors (Lipinski definition) is 4. The molecule has 1 unspecified atom stereocenters. The van der Waals surface area contributed by atoms with E-state index in [4.69, 9.17) is 5.73 Å². The van der Waals surface area contributed by atoms with Gasteiger partial charge in [0, 0.05) is 23.8 Å². The zero-order valence-corrected chi connectivity index (χ0v) is 16.3. The van der Waals surface area contributed by atoms with Crippen molar-refractivity contribution in [3.63, 3.8) is 0 Å². The first kappa shape index (κ1) is 19.4. The molecule has 0 aliphatic carbocycles. The molecule has 2 aromatic heterocycles. The van der Waals surface area contributed by atoms with Crippen molar-refractivity contribution in [2.45, 2.75) is 38.9 Å². The van der Waals surface area contributed by atoms with E-state index in [0.29, 0.717) is 18.0 Å². The highest BCUT2D eigenvalue weighted by Gasteiger charge is 2.32. The summed E-state index contributed by atoms with van der Waals surface area (Å²) in [5, 5.41) is 10.5. The molecular weight excluding hydrogens is 354 g/mol. The molecule has 0 saturated heterocycles. The minimum atomic E-state index is -0.994. The molecule has 28 heavy (non-hydrogen) atoms. The summed E-state index contributed by atoms with van der Waals surface area (Å²) in [7, 11) is 0. The smallest absolute Gasteiger partial charge is 0.408 e. The highest BCUT2D eigenvalue weighted by Crippen LogP contribution is 2.33. The largest absolute Gasteiger partial charge is 0.465 e. The standard InChI is InChI=1S/C21H25N5O2/c1-5-15(26(20(27)28)21(2,3)4)11-25-12-16(14-9-7-6-8-10-14)17-18(22)23-13-24-19(17)25/h5-10,12-13,15H,1,11H2,2-4H3,(H,27,28)(H2,22,23,24). The van der Waals surface area contributed by atoms with Gasteiger partial charge < -0.3 is 15.4 Å². The van der Waals surface area contributed by atoms with E-state index in [1.165, 1.54) is 11.2 Å². The van der Waals surface area contributed by atoms with E-state index < -0.39 is 17.7 Å².